The number of aliphatic hydroxyl groups excluding tert-OH is 2. The Morgan fingerprint density at radius 1 is 1.64 bits per heavy atom. The second kappa shape index (κ2) is 7.25. The molecule has 0 aliphatic heterocycles. The number of halogens is 2. The second-order valence-corrected chi connectivity index (χ2v) is 3.64. The Morgan fingerprint density at radius 2 is 2.27 bits per heavy atom. The molecule has 0 saturated carbocycles. The third-order valence-electron chi connectivity index (χ3n) is 0.879. The summed E-state index contributed by atoms with van der Waals surface area (Å²) in [6, 6.07) is 0. The maximum atomic E-state index is 8.88. The molecule has 1 unspecified atom stereocenters. The van der Waals surface area contributed by atoms with E-state index in [0.717, 1.165) is 0 Å². The summed E-state index contributed by atoms with van der Waals surface area (Å²) in [5.41, 5.74) is 1.29. The molecule has 0 saturated heterocycles. The Hall–Kier alpha value is 0.590. The molecule has 0 aromatic heterocycles. The van der Waals surface area contributed by atoms with Crippen molar-refractivity contribution in [2.75, 3.05) is 18.1 Å². The third-order valence-corrected chi connectivity index (χ3v) is 2.79. The van der Waals surface area contributed by atoms with Gasteiger partial charge in [0.25, 0.3) is 0 Å². The van der Waals surface area contributed by atoms with E-state index in [1.165, 1.54) is 17.3 Å². The fourth-order valence-electron chi connectivity index (χ4n) is 0.377. The lowest BCUT2D eigenvalue weighted by Crippen LogP contribution is -2.14. The van der Waals surface area contributed by atoms with Crippen LogP contribution >= 0.6 is 35.0 Å². The van der Waals surface area contributed by atoms with Gasteiger partial charge in [0.15, 0.2) is 0 Å². The first kappa shape index (κ1) is 11.6. The van der Waals surface area contributed by atoms with Crippen LogP contribution in [0.3, 0.4) is 0 Å². The predicted molar refractivity (Wildman–Crippen MR) is 50.2 cm³/mol. The molecule has 0 aromatic carbocycles. The van der Waals surface area contributed by atoms with Crippen LogP contribution in [0.25, 0.3) is 0 Å². The van der Waals surface area contributed by atoms with Gasteiger partial charge in [0.1, 0.15) is 0 Å². The minimum absolute atomic E-state index is 0.213. The summed E-state index contributed by atoms with van der Waals surface area (Å²) in [5.74, 6) is 1.04. The van der Waals surface area contributed by atoms with Crippen molar-refractivity contribution >= 4 is 35.0 Å². The predicted octanol–water partition coefficient (Wildman–Crippen LogP) is 1.39. The highest BCUT2D eigenvalue weighted by molar-refractivity contribution is 7.99. The minimum Gasteiger partial charge on any atom is -0.394 e. The fraction of sp³-hybridized carbons (Fsp3) is 0.667. The van der Waals surface area contributed by atoms with E-state index in [1.807, 2.05) is 0 Å². The van der Waals surface area contributed by atoms with Crippen molar-refractivity contribution in [1.29, 1.82) is 0 Å². The van der Waals surface area contributed by atoms with Gasteiger partial charge >= 0.3 is 0 Å². The molecule has 0 fully saturated rings. The Labute approximate surface area is 80.2 Å². The summed E-state index contributed by atoms with van der Waals surface area (Å²) >= 11 is 12.3. The smallest absolute Gasteiger partial charge is 0.0861 e. The van der Waals surface area contributed by atoms with Crippen molar-refractivity contribution in [1.82, 2.24) is 0 Å². The van der Waals surface area contributed by atoms with Gasteiger partial charge < -0.3 is 10.2 Å². The lowest BCUT2D eigenvalue weighted by atomic mass is 10.4. The summed E-state index contributed by atoms with van der Waals surface area (Å²) in [5, 5.41) is 17.8. The van der Waals surface area contributed by atoms with Gasteiger partial charge in [0.2, 0.25) is 0 Å². The molecule has 0 heterocycles. The molecule has 0 aliphatic carbocycles. The van der Waals surface area contributed by atoms with Crippen LogP contribution in [-0.4, -0.2) is 34.4 Å². The molecule has 0 amide bonds. The number of rotatable bonds is 5. The lowest BCUT2D eigenvalue weighted by Gasteiger charge is -2.04. The zero-order valence-corrected chi connectivity index (χ0v) is 8.16. The normalized spacial score (nSPS) is 15.1. The van der Waals surface area contributed by atoms with Crippen LogP contribution < -0.4 is 0 Å². The topological polar surface area (TPSA) is 40.5 Å². The first-order valence-corrected chi connectivity index (χ1v) is 4.99. The van der Waals surface area contributed by atoms with Gasteiger partial charge in [-0.1, -0.05) is 23.2 Å². The van der Waals surface area contributed by atoms with Gasteiger partial charge in [-0.3, -0.25) is 0 Å². The van der Waals surface area contributed by atoms with Crippen LogP contribution in [0, 0.1) is 0 Å². The highest BCUT2D eigenvalue weighted by Crippen LogP contribution is 2.13. The maximum absolute atomic E-state index is 8.88. The molecule has 0 rings (SSSR count). The average Bonchev–Trinajstić information content (AvgIpc) is 2.04. The molecule has 0 aromatic rings. The molecule has 11 heavy (non-hydrogen) atoms. The number of thioether (sulfide) groups is 1. The standard InChI is InChI=1S/C6H10Cl2O2S/c7-1-5(8)3-11-4-6(10)2-9/h1,6,9-10H,2-4H2. The van der Waals surface area contributed by atoms with Gasteiger partial charge in [0.05, 0.1) is 12.7 Å². The van der Waals surface area contributed by atoms with E-state index in [0.29, 0.717) is 16.5 Å². The van der Waals surface area contributed by atoms with Crippen LogP contribution in [0.4, 0.5) is 0 Å². The lowest BCUT2D eigenvalue weighted by molar-refractivity contribution is 0.113. The molecule has 0 spiro atoms. The van der Waals surface area contributed by atoms with Gasteiger partial charge in [-0.05, 0) is 0 Å². The van der Waals surface area contributed by atoms with Crippen LogP contribution in [-0.2, 0) is 0 Å². The highest BCUT2D eigenvalue weighted by Gasteiger charge is 2.01. The van der Waals surface area contributed by atoms with Crippen molar-refractivity contribution in [2.24, 2.45) is 0 Å². The van der Waals surface area contributed by atoms with E-state index in [4.69, 9.17) is 33.4 Å². The van der Waals surface area contributed by atoms with E-state index >= 15 is 0 Å². The van der Waals surface area contributed by atoms with E-state index in [-0.39, 0.29) is 6.61 Å². The van der Waals surface area contributed by atoms with Crippen molar-refractivity contribution < 1.29 is 10.2 Å². The van der Waals surface area contributed by atoms with E-state index < -0.39 is 6.10 Å². The molecule has 1 atom stereocenters. The molecule has 2 nitrogen and oxygen atoms in total. The van der Waals surface area contributed by atoms with Gasteiger partial charge in [-0.25, -0.2) is 0 Å². The Kier molecular flexibility index (Phi) is 7.64. The third kappa shape index (κ3) is 6.97. The maximum Gasteiger partial charge on any atom is 0.0861 e. The van der Waals surface area contributed by atoms with Gasteiger partial charge in [-0.15, -0.1) is 0 Å². The molecule has 0 bridgehead atoms. The van der Waals surface area contributed by atoms with Crippen molar-refractivity contribution in [2.45, 2.75) is 6.10 Å². The Bertz CT molecular complexity index is 130. The molecule has 5 heteroatoms. The summed E-state index contributed by atoms with van der Waals surface area (Å²) in [4.78, 5) is 0. The SMILES string of the molecule is OCC(O)CSCC(Cl)=CCl. The number of hydrogen-bond donors (Lipinski definition) is 2. The fourth-order valence-corrected chi connectivity index (χ4v) is 1.55. The molecular formula is C6H10Cl2O2S. The number of aliphatic hydroxyl groups is 2. The molecule has 0 radical (unpaired) electrons. The molecule has 2 N–H and O–H groups in total. The first-order chi connectivity index (χ1) is 5.20. The van der Waals surface area contributed by atoms with E-state index in [2.05, 4.69) is 0 Å². The van der Waals surface area contributed by atoms with Crippen LogP contribution in [0.2, 0.25) is 0 Å². The molecule has 0 aliphatic rings. The van der Waals surface area contributed by atoms with Gasteiger partial charge in [0, 0.05) is 22.1 Å². The zero-order valence-electron chi connectivity index (χ0n) is 5.83. The zero-order chi connectivity index (χ0) is 8.69. The Morgan fingerprint density at radius 3 is 2.73 bits per heavy atom. The summed E-state index contributed by atoms with van der Waals surface area (Å²) in [7, 11) is 0. The highest BCUT2D eigenvalue weighted by atomic mass is 35.5. The van der Waals surface area contributed by atoms with E-state index in [1.54, 1.807) is 0 Å². The summed E-state index contributed by atoms with van der Waals surface area (Å²) < 4.78 is 0. The Balaban J connectivity index is 3.27. The monoisotopic (exact) mass is 216 g/mol. The van der Waals surface area contributed by atoms with Crippen molar-refractivity contribution in [3.63, 3.8) is 0 Å². The summed E-state index contributed by atoms with van der Waals surface area (Å²) in [6.45, 7) is -0.213. The minimum atomic E-state index is -0.667. The second-order valence-electron chi connectivity index (χ2n) is 1.91. The van der Waals surface area contributed by atoms with Crippen molar-refractivity contribution in [3.8, 4) is 0 Å². The quantitative estimate of drug-likeness (QED) is 0.731. The van der Waals surface area contributed by atoms with Crippen molar-refractivity contribution in [3.05, 3.63) is 10.6 Å². The molecular weight excluding hydrogens is 207 g/mol. The van der Waals surface area contributed by atoms with Crippen LogP contribution in [0.15, 0.2) is 10.6 Å². The number of hydrogen-bond acceptors (Lipinski definition) is 3. The van der Waals surface area contributed by atoms with E-state index in [9.17, 15) is 0 Å². The van der Waals surface area contributed by atoms with Crippen LogP contribution in [0.5, 0.6) is 0 Å². The molecule has 66 valence electrons. The van der Waals surface area contributed by atoms with Crippen LogP contribution in [0.1, 0.15) is 0 Å². The first-order valence-electron chi connectivity index (χ1n) is 3.02. The van der Waals surface area contributed by atoms with Gasteiger partial charge in [-0.2, -0.15) is 11.8 Å². The summed E-state index contributed by atoms with van der Waals surface area (Å²) in [6.07, 6.45) is -0.667. The largest absolute Gasteiger partial charge is 0.394 e. The average molecular weight is 217 g/mol.